The lowest BCUT2D eigenvalue weighted by Gasteiger charge is -2.21. The Hall–Kier alpha value is -0.610. The molecule has 0 saturated carbocycles. The van der Waals surface area contributed by atoms with Crippen molar-refractivity contribution in [3.05, 3.63) is 16.7 Å². The second-order valence-electron chi connectivity index (χ2n) is 4.96. The average molecular weight is 239 g/mol. The summed E-state index contributed by atoms with van der Waals surface area (Å²) in [7, 11) is 0. The minimum absolute atomic E-state index is 0.666. The van der Waals surface area contributed by atoms with Crippen LogP contribution in [0.2, 0.25) is 0 Å². The van der Waals surface area contributed by atoms with E-state index in [1.165, 1.54) is 38.2 Å². The van der Waals surface area contributed by atoms with Crippen LogP contribution in [0.1, 0.15) is 25.5 Å². The molecule has 1 N–H and O–H groups in total. The number of nitrogens with one attached hydrogen (secondary N) is 1. The first-order valence-electron chi connectivity index (χ1n) is 6.14. The Morgan fingerprint density at radius 2 is 2.06 bits per heavy atom. The number of H-pyrrole nitrogens is 1. The molecular formula is C12H21N3S. The van der Waals surface area contributed by atoms with Crippen molar-refractivity contribution in [1.29, 1.82) is 0 Å². The van der Waals surface area contributed by atoms with Crippen LogP contribution in [0.5, 0.6) is 0 Å². The number of aromatic amines is 1. The van der Waals surface area contributed by atoms with Gasteiger partial charge in [0.15, 0.2) is 4.77 Å². The third-order valence-electron chi connectivity index (χ3n) is 3.34. The molecule has 3 nitrogen and oxygen atoms in total. The molecular weight excluding hydrogens is 218 g/mol. The van der Waals surface area contributed by atoms with Gasteiger partial charge in [-0.05, 0) is 51.0 Å². The van der Waals surface area contributed by atoms with E-state index >= 15 is 0 Å². The lowest BCUT2D eigenvalue weighted by molar-refractivity contribution is 0.270. The zero-order valence-corrected chi connectivity index (χ0v) is 11.0. The highest BCUT2D eigenvalue weighted by molar-refractivity contribution is 7.71. The monoisotopic (exact) mass is 239 g/mol. The molecule has 2 heterocycles. The predicted octanol–water partition coefficient (Wildman–Crippen LogP) is 2.59. The van der Waals surface area contributed by atoms with Gasteiger partial charge in [0.25, 0.3) is 0 Å². The van der Waals surface area contributed by atoms with E-state index in [4.69, 9.17) is 12.2 Å². The Labute approximate surface area is 102 Å². The van der Waals surface area contributed by atoms with Crippen molar-refractivity contribution < 1.29 is 0 Å². The van der Waals surface area contributed by atoms with Gasteiger partial charge in [-0.2, -0.15) is 0 Å². The third-order valence-corrected chi connectivity index (χ3v) is 3.68. The van der Waals surface area contributed by atoms with Crippen molar-refractivity contribution in [1.82, 2.24) is 14.5 Å². The molecule has 0 bridgehead atoms. The summed E-state index contributed by atoms with van der Waals surface area (Å²) in [5, 5.41) is 0. The Morgan fingerprint density at radius 1 is 1.38 bits per heavy atom. The first kappa shape index (κ1) is 11.9. The Kier molecular flexibility index (Phi) is 3.82. The molecule has 1 unspecified atom stereocenters. The van der Waals surface area contributed by atoms with E-state index in [1.54, 1.807) is 0 Å². The summed E-state index contributed by atoms with van der Waals surface area (Å²) >= 11 is 5.27. The maximum absolute atomic E-state index is 5.27. The smallest absolute Gasteiger partial charge is 0.177 e. The van der Waals surface area contributed by atoms with Gasteiger partial charge in [-0.1, -0.05) is 6.92 Å². The fourth-order valence-electron chi connectivity index (χ4n) is 2.48. The lowest BCUT2D eigenvalue weighted by atomic mass is 10.1. The molecule has 1 aromatic rings. The third kappa shape index (κ3) is 2.74. The molecule has 1 aliphatic rings. The van der Waals surface area contributed by atoms with Crippen LogP contribution in [0, 0.1) is 17.6 Å². The molecule has 1 saturated heterocycles. The largest absolute Gasteiger partial charge is 0.337 e. The summed E-state index contributed by atoms with van der Waals surface area (Å²) in [6.07, 6.45) is 4.73. The molecule has 0 amide bonds. The average Bonchev–Trinajstić information content (AvgIpc) is 2.83. The predicted molar refractivity (Wildman–Crippen MR) is 69.2 cm³/mol. The van der Waals surface area contributed by atoms with Gasteiger partial charge in [-0.3, -0.25) is 0 Å². The van der Waals surface area contributed by atoms with E-state index < -0.39 is 0 Å². The number of rotatable bonds is 4. The summed E-state index contributed by atoms with van der Waals surface area (Å²) in [6, 6.07) is 0. The van der Waals surface area contributed by atoms with Crippen LogP contribution in [-0.2, 0) is 6.54 Å². The number of nitrogens with zero attached hydrogens (tertiary/aromatic N) is 2. The molecule has 4 heteroatoms. The van der Waals surface area contributed by atoms with Crippen LogP contribution in [-0.4, -0.2) is 34.1 Å². The first-order chi connectivity index (χ1) is 7.66. The fraction of sp³-hybridized carbons (Fsp3) is 0.750. The maximum Gasteiger partial charge on any atom is 0.177 e. The van der Waals surface area contributed by atoms with Crippen LogP contribution >= 0.6 is 12.2 Å². The topological polar surface area (TPSA) is 24.0 Å². The van der Waals surface area contributed by atoms with Crippen molar-refractivity contribution in [2.24, 2.45) is 5.92 Å². The van der Waals surface area contributed by atoms with E-state index in [-0.39, 0.29) is 0 Å². The van der Waals surface area contributed by atoms with Crippen LogP contribution < -0.4 is 0 Å². The van der Waals surface area contributed by atoms with Crippen molar-refractivity contribution in [2.75, 3.05) is 19.6 Å². The number of hydrogen-bond acceptors (Lipinski definition) is 2. The van der Waals surface area contributed by atoms with Crippen LogP contribution in [0.3, 0.4) is 0 Å². The molecule has 2 rings (SSSR count). The Balaban J connectivity index is 1.91. The van der Waals surface area contributed by atoms with Crippen molar-refractivity contribution in [2.45, 2.75) is 33.2 Å². The zero-order chi connectivity index (χ0) is 11.5. The highest BCUT2D eigenvalue weighted by Crippen LogP contribution is 2.12. The van der Waals surface area contributed by atoms with Crippen LogP contribution in [0.25, 0.3) is 0 Å². The first-order valence-corrected chi connectivity index (χ1v) is 6.55. The van der Waals surface area contributed by atoms with Gasteiger partial charge in [0.1, 0.15) is 0 Å². The summed E-state index contributed by atoms with van der Waals surface area (Å²) in [5.74, 6) is 0.666. The zero-order valence-electron chi connectivity index (χ0n) is 10.2. The molecule has 0 aliphatic carbocycles. The molecule has 16 heavy (non-hydrogen) atoms. The van der Waals surface area contributed by atoms with Gasteiger partial charge in [0.2, 0.25) is 0 Å². The summed E-state index contributed by atoms with van der Waals surface area (Å²) < 4.78 is 3.06. The van der Waals surface area contributed by atoms with Crippen molar-refractivity contribution in [3.63, 3.8) is 0 Å². The van der Waals surface area contributed by atoms with Crippen molar-refractivity contribution >= 4 is 12.2 Å². The Morgan fingerprint density at radius 3 is 2.62 bits per heavy atom. The maximum atomic E-state index is 5.27. The summed E-state index contributed by atoms with van der Waals surface area (Å²) in [6.45, 7) is 9.21. The molecule has 1 aromatic heterocycles. The molecule has 1 aliphatic heterocycles. The molecule has 0 aromatic carbocycles. The minimum Gasteiger partial charge on any atom is -0.337 e. The summed E-state index contributed by atoms with van der Waals surface area (Å²) in [4.78, 5) is 5.67. The number of likely N-dealkylation sites (tertiary alicyclic amines) is 1. The second kappa shape index (κ2) is 5.15. The van der Waals surface area contributed by atoms with E-state index in [1.807, 2.05) is 6.20 Å². The SMILES string of the molecule is Cc1c[nH]c(=S)n1CC(C)CN1CCCC1. The number of imidazole rings is 1. The van der Waals surface area contributed by atoms with Gasteiger partial charge < -0.3 is 14.5 Å². The van der Waals surface area contributed by atoms with E-state index in [0.29, 0.717) is 5.92 Å². The quantitative estimate of drug-likeness (QED) is 0.817. The molecule has 1 atom stereocenters. The summed E-state index contributed by atoms with van der Waals surface area (Å²) in [5.41, 5.74) is 1.23. The minimum atomic E-state index is 0.666. The normalized spacial score (nSPS) is 19.1. The van der Waals surface area contributed by atoms with Gasteiger partial charge in [-0.25, -0.2) is 0 Å². The highest BCUT2D eigenvalue weighted by atomic mass is 32.1. The van der Waals surface area contributed by atoms with Crippen LogP contribution in [0.4, 0.5) is 0 Å². The fourth-order valence-corrected chi connectivity index (χ4v) is 2.76. The van der Waals surface area contributed by atoms with E-state index in [9.17, 15) is 0 Å². The molecule has 0 spiro atoms. The Bertz CT molecular complexity index is 387. The molecule has 0 radical (unpaired) electrons. The van der Waals surface area contributed by atoms with Gasteiger partial charge in [0, 0.05) is 25.0 Å². The molecule has 90 valence electrons. The van der Waals surface area contributed by atoms with Crippen LogP contribution in [0.15, 0.2) is 6.20 Å². The lowest BCUT2D eigenvalue weighted by Crippen LogP contribution is -2.27. The van der Waals surface area contributed by atoms with E-state index in [0.717, 1.165) is 11.3 Å². The van der Waals surface area contributed by atoms with E-state index in [2.05, 4.69) is 28.3 Å². The second-order valence-corrected chi connectivity index (χ2v) is 5.35. The molecule has 1 fully saturated rings. The highest BCUT2D eigenvalue weighted by Gasteiger charge is 2.15. The number of aryl methyl sites for hydroxylation is 1. The standard InChI is InChI=1S/C12H21N3S/c1-10(8-14-5-3-4-6-14)9-15-11(2)7-13-12(15)16/h7,10H,3-6,8-9H2,1-2H3,(H,13,16). The van der Waals surface area contributed by atoms with Gasteiger partial charge in [0.05, 0.1) is 0 Å². The van der Waals surface area contributed by atoms with Gasteiger partial charge in [-0.15, -0.1) is 0 Å². The number of aromatic nitrogens is 2. The number of hydrogen-bond donors (Lipinski definition) is 1. The van der Waals surface area contributed by atoms with Gasteiger partial charge >= 0.3 is 0 Å². The van der Waals surface area contributed by atoms with Crippen molar-refractivity contribution in [3.8, 4) is 0 Å².